The van der Waals surface area contributed by atoms with E-state index < -0.39 is 5.60 Å². The van der Waals surface area contributed by atoms with Crippen LogP contribution in [0.4, 0.5) is 5.69 Å². The largest absolute Gasteiger partial charge is 0.389 e. The van der Waals surface area contributed by atoms with Gasteiger partial charge in [-0.1, -0.05) is 18.2 Å². The van der Waals surface area contributed by atoms with Crippen LogP contribution in [0.25, 0.3) is 0 Å². The number of anilines is 1. The molecule has 0 aliphatic carbocycles. The van der Waals surface area contributed by atoms with Crippen LogP contribution in [0.1, 0.15) is 19.8 Å². The van der Waals surface area contributed by atoms with Crippen LogP contribution in [-0.2, 0) is 0 Å². The molecule has 1 atom stereocenters. The second-order valence-corrected chi connectivity index (χ2v) is 4.56. The first-order valence-electron chi connectivity index (χ1n) is 5.74. The van der Waals surface area contributed by atoms with Gasteiger partial charge in [-0.25, -0.2) is 0 Å². The molecule has 90 valence electrons. The highest BCUT2D eigenvalue weighted by atomic mass is 16.3. The van der Waals surface area contributed by atoms with E-state index in [1.807, 2.05) is 18.2 Å². The van der Waals surface area contributed by atoms with Crippen molar-refractivity contribution in [1.29, 1.82) is 0 Å². The molecule has 0 saturated heterocycles. The molecule has 0 aliphatic heterocycles. The van der Waals surface area contributed by atoms with Crippen LogP contribution in [0.15, 0.2) is 30.3 Å². The zero-order chi connectivity index (χ0) is 12.0. The summed E-state index contributed by atoms with van der Waals surface area (Å²) in [7, 11) is 2.06. The van der Waals surface area contributed by atoms with Crippen molar-refractivity contribution in [2.75, 3.05) is 25.0 Å². The predicted octanol–water partition coefficient (Wildman–Crippen LogP) is 1.61. The van der Waals surface area contributed by atoms with Crippen molar-refractivity contribution in [1.82, 2.24) is 0 Å². The minimum atomic E-state index is -0.725. The molecule has 16 heavy (non-hydrogen) atoms. The maximum absolute atomic E-state index is 9.76. The number of nitrogens with two attached hydrogens (primary N) is 1. The third kappa shape index (κ3) is 4.21. The lowest BCUT2D eigenvalue weighted by atomic mass is 10.0. The molecule has 0 bridgehead atoms. The highest BCUT2D eigenvalue weighted by Gasteiger charge is 2.17. The smallest absolute Gasteiger partial charge is 0.0742 e. The summed E-state index contributed by atoms with van der Waals surface area (Å²) in [5.74, 6) is 0. The summed E-state index contributed by atoms with van der Waals surface area (Å²) in [4.78, 5) is 2.19. The van der Waals surface area contributed by atoms with Crippen LogP contribution < -0.4 is 10.6 Å². The Kier molecular flexibility index (Phi) is 4.77. The Hall–Kier alpha value is -1.06. The van der Waals surface area contributed by atoms with Gasteiger partial charge in [-0.3, -0.25) is 0 Å². The topological polar surface area (TPSA) is 49.5 Å². The molecule has 0 aromatic heterocycles. The van der Waals surface area contributed by atoms with E-state index in [1.165, 1.54) is 5.69 Å². The van der Waals surface area contributed by atoms with Gasteiger partial charge in [0.2, 0.25) is 0 Å². The maximum atomic E-state index is 9.76. The second-order valence-electron chi connectivity index (χ2n) is 4.56. The van der Waals surface area contributed by atoms with Crippen molar-refractivity contribution >= 4 is 5.69 Å². The molecule has 3 N–H and O–H groups in total. The molecule has 0 amide bonds. The highest BCUT2D eigenvalue weighted by Crippen LogP contribution is 2.14. The maximum Gasteiger partial charge on any atom is 0.0742 e. The van der Waals surface area contributed by atoms with Gasteiger partial charge in [0.1, 0.15) is 0 Å². The zero-order valence-corrected chi connectivity index (χ0v) is 10.2. The zero-order valence-electron chi connectivity index (χ0n) is 10.2. The summed E-state index contributed by atoms with van der Waals surface area (Å²) in [6.45, 7) is 3.04. The van der Waals surface area contributed by atoms with E-state index in [0.29, 0.717) is 6.54 Å². The Morgan fingerprint density at radius 2 is 1.94 bits per heavy atom. The Morgan fingerprint density at radius 1 is 1.31 bits per heavy atom. The van der Waals surface area contributed by atoms with Crippen molar-refractivity contribution in [3.8, 4) is 0 Å². The number of para-hydroxylation sites is 1. The number of aliphatic hydroxyl groups is 1. The van der Waals surface area contributed by atoms with Crippen molar-refractivity contribution in [3.05, 3.63) is 30.3 Å². The molecule has 3 heteroatoms. The first-order chi connectivity index (χ1) is 7.55. The highest BCUT2D eigenvalue weighted by molar-refractivity contribution is 5.44. The molecule has 1 rings (SSSR count). The van der Waals surface area contributed by atoms with Gasteiger partial charge in [0.15, 0.2) is 0 Å². The first kappa shape index (κ1) is 13.0. The molecule has 0 aliphatic rings. The number of nitrogens with zero attached hydrogens (tertiary/aromatic N) is 1. The third-order valence-electron chi connectivity index (χ3n) is 2.85. The fourth-order valence-corrected chi connectivity index (χ4v) is 1.61. The quantitative estimate of drug-likeness (QED) is 0.769. The lowest BCUT2D eigenvalue weighted by Gasteiger charge is -2.24. The standard InChI is InChI=1S/C13H22N2O/c1-13(16,11-14)9-6-10-15(2)12-7-4-3-5-8-12/h3-5,7-8,16H,6,9-11,14H2,1-2H3. The summed E-state index contributed by atoms with van der Waals surface area (Å²) in [5, 5.41) is 9.76. The minimum absolute atomic E-state index is 0.321. The predicted molar refractivity (Wildman–Crippen MR) is 68.6 cm³/mol. The van der Waals surface area contributed by atoms with Gasteiger partial charge < -0.3 is 15.7 Å². The summed E-state index contributed by atoms with van der Waals surface area (Å²) >= 11 is 0. The number of hydrogen-bond acceptors (Lipinski definition) is 3. The SMILES string of the molecule is CN(CCCC(C)(O)CN)c1ccccc1. The molecular weight excluding hydrogens is 200 g/mol. The lowest BCUT2D eigenvalue weighted by Crippen LogP contribution is -2.35. The monoisotopic (exact) mass is 222 g/mol. The van der Waals surface area contributed by atoms with E-state index in [1.54, 1.807) is 6.92 Å². The van der Waals surface area contributed by atoms with E-state index in [0.717, 1.165) is 19.4 Å². The van der Waals surface area contributed by atoms with Crippen LogP contribution in [0.2, 0.25) is 0 Å². The molecule has 0 heterocycles. The van der Waals surface area contributed by atoms with Gasteiger partial charge >= 0.3 is 0 Å². The number of benzene rings is 1. The Morgan fingerprint density at radius 3 is 2.50 bits per heavy atom. The van der Waals surface area contributed by atoms with Crippen molar-refractivity contribution < 1.29 is 5.11 Å². The molecule has 1 aromatic rings. The third-order valence-corrected chi connectivity index (χ3v) is 2.85. The Bertz CT molecular complexity index is 298. The fourth-order valence-electron chi connectivity index (χ4n) is 1.61. The van der Waals surface area contributed by atoms with Crippen LogP contribution in [0.5, 0.6) is 0 Å². The van der Waals surface area contributed by atoms with E-state index in [2.05, 4.69) is 24.1 Å². The summed E-state index contributed by atoms with van der Waals surface area (Å²) < 4.78 is 0. The fraction of sp³-hybridized carbons (Fsp3) is 0.538. The average Bonchev–Trinajstić information content (AvgIpc) is 2.30. The van der Waals surface area contributed by atoms with E-state index in [-0.39, 0.29) is 0 Å². The Labute approximate surface area is 97.9 Å². The summed E-state index contributed by atoms with van der Waals surface area (Å²) in [6.07, 6.45) is 1.68. The molecule has 3 nitrogen and oxygen atoms in total. The summed E-state index contributed by atoms with van der Waals surface area (Å²) in [6, 6.07) is 10.2. The van der Waals surface area contributed by atoms with Crippen LogP contribution in [0, 0.1) is 0 Å². The molecule has 0 saturated carbocycles. The van der Waals surface area contributed by atoms with Gasteiger partial charge in [0.05, 0.1) is 5.60 Å². The van der Waals surface area contributed by atoms with Crippen molar-refractivity contribution in [2.45, 2.75) is 25.4 Å². The number of rotatable bonds is 6. The minimum Gasteiger partial charge on any atom is -0.389 e. The van der Waals surface area contributed by atoms with Gasteiger partial charge in [0.25, 0.3) is 0 Å². The van der Waals surface area contributed by atoms with Crippen LogP contribution in [0.3, 0.4) is 0 Å². The van der Waals surface area contributed by atoms with Gasteiger partial charge in [0, 0.05) is 25.8 Å². The van der Waals surface area contributed by atoms with E-state index in [4.69, 9.17) is 5.73 Å². The second kappa shape index (κ2) is 5.87. The van der Waals surface area contributed by atoms with Crippen molar-refractivity contribution in [2.24, 2.45) is 5.73 Å². The normalized spacial score (nSPS) is 14.5. The van der Waals surface area contributed by atoms with E-state index in [9.17, 15) is 5.11 Å². The lowest BCUT2D eigenvalue weighted by molar-refractivity contribution is 0.0585. The molecular formula is C13H22N2O. The summed E-state index contributed by atoms with van der Waals surface area (Å²) in [5.41, 5.74) is 5.95. The molecule has 1 aromatic carbocycles. The number of hydrogen-bond donors (Lipinski definition) is 2. The van der Waals surface area contributed by atoms with Crippen molar-refractivity contribution in [3.63, 3.8) is 0 Å². The van der Waals surface area contributed by atoms with E-state index >= 15 is 0 Å². The average molecular weight is 222 g/mol. The molecule has 0 spiro atoms. The Balaban J connectivity index is 2.34. The van der Waals surface area contributed by atoms with Gasteiger partial charge in [-0.2, -0.15) is 0 Å². The van der Waals surface area contributed by atoms with Gasteiger partial charge in [-0.05, 0) is 31.9 Å². The van der Waals surface area contributed by atoms with Crippen LogP contribution >= 0.6 is 0 Å². The first-order valence-corrected chi connectivity index (χ1v) is 5.74. The van der Waals surface area contributed by atoms with Crippen LogP contribution in [-0.4, -0.2) is 30.8 Å². The molecule has 1 unspecified atom stereocenters. The van der Waals surface area contributed by atoms with Gasteiger partial charge in [-0.15, -0.1) is 0 Å². The molecule has 0 fully saturated rings. The molecule has 0 radical (unpaired) electrons.